The lowest BCUT2D eigenvalue weighted by Gasteiger charge is -2.25. The molecule has 2 aromatic carbocycles. The van der Waals surface area contributed by atoms with Crippen LogP contribution in [0.2, 0.25) is 0 Å². The number of methoxy groups -OCH3 is 1. The van der Waals surface area contributed by atoms with E-state index in [-0.39, 0.29) is 11.2 Å². The summed E-state index contributed by atoms with van der Waals surface area (Å²) in [4.78, 5) is 33.9. The van der Waals surface area contributed by atoms with Gasteiger partial charge in [-0.2, -0.15) is 0 Å². The zero-order valence-electron chi connectivity index (χ0n) is 21.9. The maximum Gasteiger partial charge on any atom is 0.296 e. The first-order chi connectivity index (χ1) is 17.7. The summed E-state index contributed by atoms with van der Waals surface area (Å²) in [5, 5.41) is 0.447. The lowest BCUT2D eigenvalue weighted by molar-refractivity contribution is 0.0970. The Labute approximate surface area is 215 Å². The number of anilines is 1. The van der Waals surface area contributed by atoms with Gasteiger partial charge in [0, 0.05) is 5.69 Å². The van der Waals surface area contributed by atoms with E-state index in [1.807, 2.05) is 63.2 Å². The third-order valence-corrected chi connectivity index (χ3v) is 6.68. The molecule has 3 heterocycles. The molecule has 0 saturated heterocycles. The highest BCUT2D eigenvalue weighted by Crippen LogP contribution is 2.43. The predicted octanol–water partition coefficient (Wildman–Crippen LogP) is 5.91. The van der Waals surface area contributed by atoms with Crippen molar-refractivity contribution in [3.63, 3.8) is 0 Å². The SMILES string of the molecule is COc1cc([C@@H]2c3c(oc4cc(C)c(C)cc4c3=O)C(=O)N2c2cccc(C)n2)ccc1OCC(C)C. The number of fused-ring (bicyclic) bond motifs is 2. The number of carbonyl (C=O) groups excluding carboxylic acids is 1. The molecule has 4 aromatic rings. The lowest BCUT2D eigenvalue weighted by Crippen LogP contribution is -2.30. The number of benzene rings is 2. The number of aryl methyl sites for hydroxylation is 3. The van der Waals surface area contributed by atoms with Gasteiger partial charge in [-0.3, -0.25) is 14.5 Å². The van der Waals surface area contributed by atoms with Crippen LogP contribution in [-0.2, 0) is 0 Å². The molecule has 7 nitrogen and oxygen atoms in total. The van der Waals surface area contributed by atoms with Gasteiger partial charge in [-0.15, -0.1) is 0 Å². The minimum atomic E-state index is -0.743. The minimum absolute atomic E-state index is 0.0353. The van der Waals surface area contributed by atoms with Gasteiger partial charge in [0.15, 0.2) is 16.9 Å². The molecule has 0 bridgehead atoms. The number of rotatable bonds is 6. The van der Waals surface area contributed by atoms with Crippen LogP contribution in [0.5, 0.6) is 11.5 Å². The predicted molar refractivity (Wildman–Crippen MR) is 143 cm³/mol. The number of nitrogens with zero attached hydrogens (tertiary/aromatic N) is 2. The molecule has 37 heavy (non-hydrogen) atoms. The van der Waals surface area contributed by atoms with Crippen molar-refractivity contribution in [3.05, 3.63) is 92.5 Å². The number of hydrogen-bond donors (Lipinski definition) is 0. The van der Waals surface area contributed by atoms with E-state index < -0.39 is 11.9 Å². The van der Waals surface area contributed by atoms with E-state index in [9.17, 15) is 9.59 Å². The summed E-state index contributed by atoms with van der Waals surface area (Å²) in [6.45, 7) is 10.4. The fourth-order valence-electron chi connectivity index (χ4n) is 4.67. The Morgan fingerprint density at radius 3 is 2.46 bits per heavy atom. The van der Waals surface area contributed by atoms with Gasteiger partial charge in [-0.05, 0) is 79.8 Å². The van der Waals surface area contributed by atoms with Crippen LogP contribution in [0, 0.1) is 26.7 Å². The molecule has 190 valence electrons. The van der Waals surface area contributed by atoms with E-state index in [2.05, 4.69) is 18.8 Å². The average Bonchev–Trinajstić information content (AvgIpc) is 3.16. The molecular formula is C30H30N2O5. The number of hydrogen-bond acceptors (Lipinski definition) is 6. The van der Waals surface area contributed by atoms with Gasteiger partial charge in [-0.25, -0.2) is 4.98 Å². The van der Waals surface area contributed by atoms with Gasteiger partial charge in [0.05, 0.1) is 30.7 Å². The van der Waals surface area contributed by atoms with Crippen molar-refractivity contribution in [2.24, 2.45) is 5.92 Å². The van der Waals surface area contributed by atoms with Crippen molar-refractivity contribution in [1.29, 1.82) is 0 Å². The monoisotopic (exact) mass is 498 g/mol. The van der Waals surface area contributed by atoms with Crippen molar-refractivity contribution in [2.45, 2.75) is 40.7 Å². The van der Waals surface area contributed by atoms with Crippen LogP contribution >= 0.6 is 0 Å². The summed E-state index contributed by atoms with van der Waals surface area (Å²) in [5.74, 6) is 1.53. The van der Waals surface area contributed by atoms with Crippen LogP contribution < -0.4 is 19.8 Å². The number of amides is 1. The van der Waals surface area contributed by atoms with Crippen LogP contribution in [0.1, 0.15) is 58.4 Å². The van der Waals surface area contributed by atoms with Gasteiger partial charge in [-0.1, -0.05) is 26.0 Å². The lowest BCUT2D eigenvalue weighted by atomic mass is 9.97. The van der Waals surface area contributed by atoms with Crippen LogP contribution in [0.15, 0.2) is 57.7 Å². The molecule has 0 aliphatic carbocycles. The highest BCUT2D eigenvalue weighted by molar-refractivity contribution is 6.10. The number of aromatic nitrogens is 1. The fraction of sp³-hybridized carbons (Fsp3) is 0.300. The summed E-state index contributed by atoms with van der Waals surface area (Å²) >= 11 is 0. The Morgan fingerprint density at radius 2 is 1.76 bits per heavy atom. The molecule has 2 aromatic heterocycles. The van der Waals surface area contributed by atoms with Crippen LogP contribution in [0.3, 0.4) is 0 Å². The van der Waals surface area contributed by atoms with Gasteiger partial charge in [0.2, 0.25) is 5.76 Å². The van der Waals surface area contributed by atoms with Gasteiger partial charge in [0.1, 0.15) is 11.4 Å². The number of carbonyl (C=O) groups is 1. The average molecular weight is 499 g/mol. The summed E-state index contributed by atoms with van der Waals surface area (Å²) < 4.78 is 17.7. The summed E-state index contributed by atoms with van der Waals surface area (Å²) in [7, 11) is 1.57. The molecular weight excluding hydrogens is 468 g/mol. The summed E-state index contributed by atoms with van der Waals surface area (Å²) in [5.41, 5.74) is 3.87. The number of ether oxygens (including phenoxy) is 2. The van der Waals surface area contributed by atoms with Crippen molar-refractivity contribution < 1.29 is 18.7 Å². The molecule has 1 aliphatic rings. The van der Waals surface area contributed by atoms with Gasteiger partial charge in [0.25, 0.3) is 5.91 Å². The molecule has 0 N–H and O–H groups in total. The third kappa shape index (κ3) is 4.24. The normalized spacial score (nSPS) is 14.9. The zero-order chi connectivity index (χ0) is 26.4. The van der Waals surface area contributed by atoms with E-state index in [0.717, 1.165) is 16.8 Å². The topological polar surface area (TPSA) is 81.9 Å². The molecule has 0 spiro atoms. The van der Waals surface area contributed by atoms with Crippen LogP contribution in [-0.4, -0.2) is 24.6 Å². The molecule has 5 rings (SSSR count). The van der Waals surface area contributed by atoms with Gasteiger partial charge >= 0.3 is 0 Å². The Balaban J connectivity index is 1.75. The highest BCUT2D eigenvalue weighted by Gasteiger charge is 2.44. The largest absolute Gasteiger partial charge is 0.493 e. The molecule has 1 aliphatic heterocycles. The van der Waals surface area contributed by atoms with E-state index in [1.165, 1.54) is 4.90 Å². The smallest absolute Gasteiger partial charge is 0.296 e. The van der Waals surface area contributed by atoms with E-state index in [1.54, 1.807) is 13.2 Å². The van der Waals surface area contributed by atoms with E-state index in [0.29, 0.717) is 51.9 Å². The Bertz CT molecular complexity index is 1590. The summed E-state index contributed by atoms with van der Waals surface area (Å²) in [6, 6.07) is 13.9. The molecule has 7 heteroatoms. The van der Waals surface area contributed by atoms with Crippen LogP contribution in [0.4, 0.5) is 5.82 Å². The molecule has 0 radical (unpaired) electrons. The molecule has 0 unspecified atom stereocenters. The summed E-state index contributed by atoms with van der Waals surface area (Å²) in [6.07, 6.45) is 0. The van der Waals surface area contributed by atoms with Crippen molar-refractivity contribution in [1.82, 2.24) is 4.98 Å². The van der Waals surface area contributed by atoms with Crippen molar-refractivity contribution >= 4 is 22.7 Å². The molecule has 0 fully saturated rings. The zero-order valence-corrected chi connectivity index (χ0v) is 21.9. The second-order valence-corrected chi connectivity index (χ2v) is 9.94. The first-order valence-corrected chi connectivity index (χ1v) is 12.4. The second-order valence-electron chi connectivity index (χ2n) is 9.94. The quantitative estimate of drug-likeness (QED) is 0.329. The maximum atomic E-state index is 13.9. The van der Waals surface area contributed by atoms with E-state index in [4.69, 9.17) is 13.9 Å². The molecule has 0 saturated carbocycles. The first kappa shape index (κ1) is 24.6. The fourth-order valence-corrected chi connectivity index (χ4v) is 4.67. The number of pyridine rings is 1. The molecule has 1 amide bonds. The molecule has 1 atom stereocenters. The standard InChI is InChI=1S/C30H30N2O5/c1-16(2)15-36-22-11-10-20(14-24(22)35-6)27-26-28(33)21-12-17(3)18(4)13-23(21)37-29(26)30(34)32(27)25-9-7-8-19(5)31-25/h7-14,16,27H,15H2,1-6H3/t27-/m1/s1. The van der Waals surface area contributed by atoms with Crippen molar-refractivity contribution in [3.8, 4) is 11.5 Å². The van der Waals surface area contributed by atoms with Crippen molar-refractivity contribution in [2.75, 3.05) is 18.6 Å². The van der Waals surface area contributed by atoms with E-state index >= 15 is 0 Å². The Morgan fingerprint density at radius 1 is 1.00 bits per heavy atom. The Kier molecular flexibility index (Phi) is 6.23. The highest BCUT2D eigenvalue weighted by atomic mass is 16.5. The Hall–Kier alpha value is -4.13. The van der Waals surface area contributed by atoms with Crippen LogP contribution in [0.25, 0.3) is 11.0 Å². The first-order valence-electron chi connectivity index (χ1n) is 12.4. The van der Waals surface area contributed by atoms with Gasteiger partial charge < -0.3 is 13.9 Å². The minimum Gasteiger partial charge on any atom is -0.493 e. The maximum absolute atomic E-state index is 13.9. The third-order valence-electron chi connectivity index (χ3n) is 6.68. The second kappa shape index (κ2) is 9.39.